The Labute approximate surface area is 208 Å². The SMILES string of the molecule is Cc1cc(C)cc(OCCn2c(CCCCCNC(=O)Cc3ccccc3)nc3ccccc32)c1. The molecular formula is C30H35N3O2. The van der Waals surface area contributed by atoms with Crippen molar-refractivity contribution in [1.29, 1.82) is 0 Å². The van der Waals surface area contributed by atoms with E-state index < -0.39 is 0 Å². The van der Waals surface area contributed by atoms with Crippen molar-refractivity contribution in [2.75, 3.05) is 13.2 Å². The fraction of sp³-hybridized carbons (Fsp3) is 0.333. The standard InChI is InChI=1S/C30H35N3O2/c1-23-19-24(2)21-26(20-23)35-18-17-33-28-14-9-8-13-27(28)32-29(33)15-7-4-10-16-31-30(34)22-25-11-5-3-6-12-25/h3,5-6,8-9,11-14,19-21H,4,7,10,15-18,22H2,1-2H3,(H,31,34). The highest BCUT2D eigenvalue weighted by Crippen LogP contribution is 2.19. The Kier molecular flexibility index (Phi) is 8.55. The summed E-state index contributed by atoms with van der Waals surface area (Å²) in [6.07, 6.45) is 4.41. The van der Waals surface area contributed by atoms with Gasteiger partial charge in [0, 0.05) is 13.0 Å². The van der Waals surface area contributed by atoms with Crippen LogP contribution in [0.15, 0.2) is 72.8 Å². The molecule has 5 heteroatoms. The zero-order chi connectivity index (χ0) is 24.5. The van der Waals surface area contributed by atoms with Crippen molar-refractivity contribution in [3.05, 3.63) is 95.3 Å². The number of nitrogens with one attached hydrogen (secondary N) is 1. The van der Waals surface area contributed by atoms with E-state index >= 15 is 0 Å². The molecule has 0 bridgehead atoms. The minimum absolute atomic E-state index is 0.0850. The predicted molar refractivity (Wildman–Crippen MR) is 142 cm³/mol. The summed E-state index contributed by atoms with van der Waals surface area (Å²) in [6, 6.07) is 24.5. The summed E-state index contributed by atoms with van der Waals surface area (Å²) in [5, 5.41) is 3.04. The Balaban J connectivity index is 1.25. The lowest BCUT2D eigenvalue weighted by Crippen LogP contribution is -2.26. The number of fused-ring (bicyclic) bond motifs is 1. The topological polar surface area (TPSA) is 56.1 Å². The van der Waals surface area contributed by atoms with E-state index in [2.05, 4.69) is 60.1 Å². The zero-order valence-corrected chi connectivity index (χ0v) is 20.8. The maximum atomic E-state index is 12.1. The van der Waals surface area contributed by atoms with E-state index in [1.54, 1.807) is 0 Å². The van der Waals surface area contributed by atoms with E-state index in [1.165, 1.54) is 11.1 Å². The molecule has 1 amide bonds. The molecule has 0 saturated carbocycles. The van der Waals surface area contributed by atoms with Crippen LogP contribution >= 0.6 is 0 Å². The summed E-state index contributed by atoms with van der Waals surface area (Å²) in [7, 11) is 0. The predicted octanol–water partition coefficient (Wildman–Crippen LogP) is 5.80. The number of carbonyl (C=O) groups excluding carboxylic acids is 1. The Morgan fingerprint density at radius 3 is 2.46 bits per heavy atom. The molecule has 0 aliphatic rings. The van der Waals surface area contributed by atoms with Gasteiger partial charge in [-0.3, -0.25) is 4.79 Å². The minimum Gasteiger partial charge on any atom is -0.492 e. The van der Waals surface area contributed by atoms with Crippen molar-refractivity contribution in [3.8, 4) is 5.75 Å². The molecule has 0 aliphatic heterocycles. The van der Waals surface area contributed by atoms with E-state index in [9.17, 15) is 4.79 Å². The molecule has 182 valence electrons. The van der Waals surface area contributed by atoms with Crippen LogP contribution in [0.25, 0.3) is 11.0 Å². The van der Waals surface area contributed by atoms with Gasteiger partial charge in [0.25, 0.3) is 0 Å². The maximum absolute atomic E-state index is 12.1. The van der Waals surface area contributed by atoms with Gasteiger partial charge in [0.05, 0.1) is 24.0 Å². The van der Waals surface area contributed by atoms with Gasteiger partial charge >= 0.3 is 0 Å². The van der Waals surface area contributed by atoms with Gasteiger partial charge in [0.15, 0.2) is 0 Å². The number of amides is 1. The number of benzene rings is 3. The van der Waals surface area contributed by atoms with Crippen LogP contribution in [0.4, 0.5) is 0 Å². The van der Waals surface area contributed by atoms with Crippen molar-refractivity contribution in [3.63, 3.8) is 0 Å². The molecule has 35 heavy (non-hydrogen) atoms. The summed E-state index contributed by atoms with van der Waals surface area (Å²) < 4.78 is 8.37. The first kappa shape index (κ1) is 24.5. The molecule has 3 aromatic carbocycles. The Bertz CT molecular complexity index is 1230. The number of hydrogen-bond donors (Lipinski definition) is 1. The summed E-state index contributed by atoms with van der Waals surface area (Å²) in [5.41, 5.74) is 5.65. The molecule has 4 aromatic rings. The van der Waals surface area contributed by atoms with Gasteiger partial charge in [0.2, 0.25) is 5.91 Å². The molecule has 1 aromatic heterocycles. The molecule has 0 atom stereocenters. The number of para-hydroxylation sites is 2. The largest absolute Gasteiger partial charge is 0.492 e. The van der Waals surface area contributed by atoms with Gasteiger partial charge in [-0.1, -0.05) is 55.0 Å². The van der Waals surface area contributed by atoms with Crippen LogP contribution < -0.4 is 10.1 Å². The average Bonchev–Trinajstić information content (AvgIpc) is 3.19. The maximum Gasteiger partial charge on any atom is 0.224 e. The number of ether oxygens (including phenoxy) is 1. The molecular weight excluding hydrogens is 434 g/mol. The lowest BCUT2D eigenvalue weighted by molar-refractivity contribution is -0.120. The number of aromatic nitrogens is 2. The molecule has 0 fully saturated rings. The van der Waals surface area contributed by atoms with Crippen molar-refractivity contribution < 1.29 is 9.53 Å². The fourth-order valence-electron chi connectivity index (χ4n) is 4.49. The Morgan fingerprint density at radius 2 is 1.66 bits per heavy atom. The lowest BCUT2D eigenvalue weighted by Gasteiger charge is -2.12. The smallest absolute Gasteiger partial charge is 0.224 e. The summed E-state index contributed by atoms with van der Waals surface area (Å²) in [4.78, 5) is 17.0. The van der Waals surface area contributed by atoms with Gasteiger partial charge in [-0.25, -0.2) is 4.98 Å². The molecule has 0 unspecified atom stereocenters. The summed E-state index contributed by atoms with van der Waals surface area (Å²) in [5.74, 6) is 2.10. The number of unbranched alkanes of at least 4 members (excludes halogenated alkanes) is 2. The molecule has 5 nitrogen and oxygen atoms in total. The molecule has 1 heterocycles. The third-order valence-electron chi connectivity index (χ3n) is 6.12. The van der Waals surface area contributed by atoms with E-state index in [-0.39, 0.29) is 5.91 Å². The molecule has 0 saturated heterocycles. The minimum atomic E-state index is 0.0850. The van der Waals surface area contributed by atoms with Crippen LogP contribution in [0.3, 0.4) is 0 Å². The van der Waals surface area contributed by atoms with E-state index in [0.717, 1.165) is 60.4 Å². The van der Waals surface area contributed by atoms with Crippen molar-refractivity contribution >= 4 is 16.9 Å². The second kappa shape index (κ2) is 12.2. The summed E-state index contributed by atoms with van der Waals surface area (Å²) in [6.45, 7) is 6.26. The first-order valence-electron chi connectivity index (χ1n) is 12.5. The normalized spacial score (nSPS) is 11.0. The van der Waals surface area contributed by atoms with E-state index in [4.69, 9.17) is 9.72 Å². The van der Waals surface area contributed by atoms with Crippen LogP contribution in [0.5, 0.6) is 5.75 Å². The van der Waals surface area contributed by atoms with Crippen molar-refractivity contribution in [1.82, 2.24) is 14.9 Å². The monoisotopic (exact) mass is 469 g/mol. The Morgan fingerprint density at radius 1 is 0.914 bits per heavy atom. The highest BCUT2D eigenvalue weighted by molar-refractivity contribution is 5.78. The van der Waals surface area contributed by atoms with Gasteiger partial charge in [-0.15, -0.1) is 0 Å². The van der Waals surface area contributed by atoms with Crippen LogP contribution in [0, 0.1) is 13.8 Å². The van der Waals surface area contributed by atoms with Gasteiger partial charge in [-0.05, 0) is 67.6 Å². The van der Waals surface area contributed by atoms with Crippen LogP contribution in [0.2, 0.25) is 0 Å². The number of carbonyl (C=O) groups is 1. The quantitative estimate of drug-likeness (QED) is 0.267. The summed E-state index contributed by atoms with van der Waals surface area (Å²) >= 11 is 0. The van der Waals surface area contributed by atoms with E-state index in [1.807, 2.05) is 36.4 Å². The van der Waals surface area contributed by atoms with Crippen LogP contribution in [-0.2, 0) is 24.2 Å². The number of aryl methyl sites for hydroxylation is 3. The highest BCUT2D eigenvalue weighted by atomic mass is 16.5. The van der Waals surface area contributed by atoms with Crippen LogP contribution in [-0.4, -0.2) is 28.6 Å². The lowest BCUT2D eigenvalue weighted by atomic mass is 10.1. The van der Waals surface area contributed by atoms with Gasteiger partial charge in [-0.2, -0.15) is 0 Å². The van der Waals surface area contributed by atoms with Crippen LogP contribution in [0.1, 0.15) is 41.8 Å². The molecule has 4 rings (SSSR count). The second-order valence-corrected chi connectivity index (χ2v) is 9.16. The average molecular weight is 470 g/mol. The molecule has 0 aliphatic carbocycles. The van der Waals surface area contributed by atoms with Crippen molar-refractivity contribution in [2.24, 2.45) is 0 Å². The van der Waals surface area contributed by atoms with Gasteiger partial charge < -0.3 is 14.6 Å². The number of imidazole rings is 1. The zero-order valence-electron chi connectivity index (χ0n) is 20.8. The molecule has 0 spiro atoms. The number of rotatable bonds is 12. The first-order valence-corrected chi connectivity index (χ1v) is 12.5. The third-order valence-corrected chi connectivity index (χ3v) is 6.12. The van der Waals surface area contributed by atoms with E-state index in [0.29, 0.717) is 19.6 Å². The number of nitrogens with zero attached hydrogens (tertiary/aromatic N) is 2. The fourth-order valence-corrected chi connectivity index (χ4v) is 4.49. The third kappa shape index (κ3) is 7.19. The highest BCUT2D eigenvalue weighted by Gasteiger charge is 2.11. The van der Waals surface area contributed by atoms with Gasteiger partial charge in [0.1, 0.15) is 18.2 Å². The molecule has 1 N–H and O–H groups in total. The molecule has 0 radical (unpaired) electrons. The number of hydrogen-bond acceptors (Lipinski definition) is 3. The Hall–Kier alpha value is -3.60. The second-order valence-electron chi connectivity index (χ2n) is 9.16. The first-order chi connectivity index (χ1) is 17.1. The van der Waals surface area contributed by atoms with Crippen molar-refractivity contribution in [2.45, 2.75) is 52.5 Å².